The van der Waals surface area contributed by atoms with Crippen LogP contribution >= 0.6 is 0 Å². The molecular weight excluding hydrogens is 372 g/mol. The predicted molar refractivity (Wildman–Crippen MR) is 113 cm³/mol. The van der Waals surface area contributed by atoms with Crippen LogP contribution in [0.4, 0.5) is 5.69 Å². The molecule has 28 heavy (non-hydrogen) atoms. The first-order chi connectivity index (χ1) is 12.9. The van der Waals surface area contributed by atoms with Crippen molar-refractivity contribution in [2.75, 3.05) is 11.0 Å². The molecule has 0 aromatic heterocycles. The molecule has 2 N–H and O–H groups in total. The predicted octanol–water partition coefficient (Wildman–Crippen LogP) is 3.58. The molecule has 0 aliphatic rings. The second kappa shape index (κ2) is 8.49. The van der Waals surface area contributed by atoms with Crippen molar-refractivity contribution in [1.82, 2.24) is 5.32 Å². The van der Waals surface area contributed by atoms with Gasteiger partial charge >= 0.3 is 0 Å². The third-order valence-corrected chi connectivity index (χ3v) is 4.74. The molecule has 0 fully saturated rings. The van der Waals surface area contributed by atoms with Crippen molar-refractivity contribution in [2.24, 2.45) is 0 Å². The summed E-state index contributed by atoms with van der Waals surface area (Å²) < 4.78 is 24.9. The van der Waals surface area contributed by atoms with Gasteiger partial charge in [-0.05, 0) is 47.7 Å². The molecule has 0 aliphatic heterocycles. The fourth-order valence-electron chi connectivity index (χ4n) is 2.55. The van der Waals surface area contributed by atoms with E-state index in [1.54, 1.807) is 24.3 Å². The third kappa shape index (κ3) is 6.75. The van der Waals surface area contributed by atoms with E-state index in [1.807, 2.05) is 31.2 Å². The number of amides is 1. The summed E-state index contributed by atoms with van der Waals surface area (Å²) in [6, 6.07) is 14.5. The molecule has 0 saturated carbocycles. The van der Waals surface area contributed by atoms with Crippen LogP contribution in [0.5, 0.6) is 0 Å². The van der Waals surface area contributed by atoms with Crippen molar-refractivity contribution in [2.45, 2.75) is 39.2 Å². The number of hydrogen-bond donors (Lipinski definition) is 2. The van der Waals surface area contributed by atoms with E-state index in [2.05, 4.69) is 42.7 Å². The van der Waals surface area contributed by atoms with E-state index in [-0.39, 0.29) is 17.4 Å². The molecule has 1 unspecified atom stereocenters. The van der Waals surface area contributed by atoms with Crippen molar-refractivity contribution < 1.29 is 13.2 Å². The smallest absolute Gasteiger partial charge is 0.296 e. The minimum Gasteiger partial charge on any atom is -0.339 e. The summed E-state index contributed by atoms with van der Waals surface area (Å²) in [5.41, 5.74) is 3.40. The van der Waals surface area contributed by atoms with Gasteiger partial charge < -0.3 is 5.32 Å². The lowest BCUT2D eigenvalue weighted by Crippen LogP contribution is -2.25. The first kappa shape index (κ1) is 21.5. The maximum Gasteiger partial charge on any atom is 0.296 e. The average Bonchev–Trinajstić information content (AvgIpc) is 2.59. The number of benzene rings is 2. The van der Waals surface area contributed by atoms with Gasteiger partial charge in [-0.1, -0.05) is 51.0 Å². The van der Waals surface area contributed by atoms with Gasteiger partial charge in [0.2, 0.25) is 10.0 Å². The molecule has 2 rings (SSSR count). The van der Waals surface area contributed by atoms with Crippen molar-refractivity contribution in [3.05, 3.63) is 65.2 Å². The standard InChI is InChI=1S/C22H26N2O3S/c1-16(18-9-13-20(14-10-18)24-28(5,26)27)23-21(25)15-8-17-6-11-19(12-7-17)22(2,3)4/h6-7,9-14,16,24H,1-5H3,(H,23,25). The molecule has 0 heterocycles. The van der Waals surface area contributed by atoms with Crippen molar-refractivity contribution >= 4 is 21.6 Å². The maximum absolute atomic E-state index is 12.1. The van der Waals surface area contributed by atoms with Gasteiger partial charge in [-0.15, -0.1) is 0 Å². The first-order valence-corrected chi connectivity index (χ1v) is 10.8. The van der Waals surface area contributed by atoms with E-state index in [9.17, 15) is 13.2 Å². The third-order valence-electron chi connectivity index (χ3n) is 4.13. The Balaban J connectivity index is 1.99. The van der Waals surface area contributed by atoms with E-state index in [0.717, 1.165) is 17.4 Å². The van der Waals surface area contributed by atoms with Gasteiger partial charge in [-0.3, -0.25) is 9.52 Å². The van der Waals surface area contributed by atoms with Crippen LogP contribution in [0.15, 0.2) is 48.5 Å². The van der Waals surface area contributed by atoms with Crippen LogP contribution in [-0.4, -0.2) is 20.6 Å². The number of anilines is 1. The van der Waals surface area contributed by atoms with E-state index < -0.39 is 10.0 Å². The van der Waals surface area contributed by atoms with Crippen molar-refractivity contribution in [3.8, 4) is 11.8 Å². The van der Waals surface area contributed by atoms with Crippen LogP contribution in [0.3, 0.4) is 0 Å². The summed E-state index contributed by atoms with van der Waals surface area (Å²) in [4.78, 5) is 12.1. The van der Waals surface area contributed by atoms with Gasteiger partial charge in [-0.25, -0.2) is 8.42 Å². The molecule has 0 aliphatic carbocycles. The summed E-state index contributed by atoms with van der Waals surface area (Å²) in [6.45, 7) is 8.28. The molecule has 148 valence electrons. The quantitative estimate of drug-likeness (QED) is 0.773. The maximum atomic E-state index is 12.1. The van der Waals surface area contributed by atoms with Gasteiger partial charge in [0.05, 0.1) is 12.3 Å². The molecule has 0 saturated heterocycles. The van der Waals surface area contributed by atoms with Gasteiger partial charge in [0.15, 0.2) is 0 Å². The van der Waals surface area contributed by atoms with E-state index >= 15 is 0 Å². The Kier molecular flexibility index (Phi) is 6.52. The number of rotatable bonds is 4. The average molecular weight is 399 g/mol. The zero-order chi connectivity index (χ0) is 20.9. The van der Waals surface area contributed by atoms with Crippen LogP contribution in [0, 0.1) is 11.8 Å². The lowest BCUT2D eigenvalue weighted by Gasteiger charge is -2.18. The highest BCUT2D eigenvalue weighted by Gasteiger charge is 2.12. The summed E-state index contributed by atoms with van der Waals surface area (Å²) in [6.07, 6.45) is 1.10. The zero-order valence-corrected chi connectivity index (χ0v) is 17.6. The lowest BCUT2D eigenvalue weighted by atomic mass is 9.87. The Hall–Kier alpha value is -2.78. The fourth-order valence-corrected chi connectivity index (χ4v) is 3.12. The number of hydrogen-bond acceptors (Lipinski definition) is 3. The van der Waals surface area contributed by atoms with E-state index in [0.29, 0.717) is 5.69 Å². The summed E-state index contributed by atoms with van der Waals surface area (Å²) in [7, 11) is -3.31. The molecule has 6 heteroatoms. The minimum absolute atomic E-state index is 0.0746. The molecular formula is C22H26N2O3S. The Bertz CT molecular complexity index is 991. The summed E-state index contributed by atoms with van der Waals surface area (Å²) >= 11 is 0. The normalized spacial score (nSPS) is 12.5. The fraction of sp³-hybridized carbons (Fsp3) is 0.318. The number of carbonyl (C=O) groups is 1. The Morgan fingerprint density at radius 1 is 1.00 bits per heavy atom. The topological polar surface area (TPSA) is 75.3 Å². The molecule has 5 nitrogen and oxygen atoms in total. The highest BCUT2D eigenvalue weighted by molar-refractivity contribution is 7.92. The van der Waals surface area contributed by atoms with Crippen LogP contribution in [-0.2, 0) is 20.2 Å². The van der Waals surface area contributed by atoms with E-state index in [4.69, 9.17) is 0 Å². The second-order valence-corrected chi connectivity index (χ2v) is 9.52. The highest BCUT2D eigenvalue weighted by atomic mass is 32.2. The van der Waals surface area contributed by atoms with Crippen LogP contribution in [0.2, 0.25) is 0 Å². The molecule has 1 amide bonds. The van der Waals surface area contributed by atoms with Gasteiger partial charge in [0.25, 0.3) is 5.91 Å². The molecule has 1 atom stereocenters. The highest BCUT2D eigenvalue weighted by Crippen LogP contribution is 2.22. The van der Waals surface area contributed by atoms with Crippen molar-refractivity contribution in [3.63, 3.8) is 0 Å². The van der Waals surface area contributed by atoms with Gasteiger partial charge in [-0.2, -0.15) is 0 Å². The molecule has 0 spiro atoms. The first-order valence-electron chi connectivity index (χ1n) is 8.95. The van der Waals surface area contributed by atoms with Crippen LogP contribution in [0.25, 0.3) is 0 Å². The van der Waals surface area contributed by atoms with E-state index in [1.165, 1.54) is 5.56 Å². The van der Waals surface area contributed by atoms with Crippen LogP contribution < -0.4 is 10.0 Å². The molecule has 2 aromatic rings. The summed E-state index contributed by atoms with van der Waals surface area (Å²) in [5, 5.41) is 2.82. The number of nitrogens with one attached hydrogen (secondary N) is 2. The Morgan fingerprint density at radius 2 is 1.57 bits per heavy atom. The molecule has 0 radical (unpaired) electrons. The molecule has 0 bridgehead atoms. The summed E-state index contributed by atoms with van der Waals surface area (Å²) in [5.74, 6) is 5.11. The SMILES string of the molecule is CC(NC(=O)C#Cc1ccc(C(C)(C)C)cc1)c1ccc(NS(C)(=O)=O)cc1. The molecule has 2 aromatic carbocycles. The zero-order valence-electron chi connectivity index (χ0n) is 16.8. The Labute approximate surface area is 167 Å². The minimum atomic E-state index is -3.31. The number of sulfonamides is 1. The van der Waals surface area contributed by atoms with Crippen LogP contribution in [0.1, 0.15) is 50.4 Å². The monoisotopic (exact) mass is 398 g/mol. The Morgan fingerprint density at radius 3 is 2.07 bits per heavy atom. The van der Waals surface area contributed by atoms with Gasteiger partial charge in [0.1, 0.15) is 0 Å². The lowest BCUT2D eigenvalue weighted by molar-refractivity contribution is -0.116. The van der Waals surface area contributed by atoms with Crippen molar-refractivity contribution in [1.29, 1.82) is 0 Å². The largest absolute Gasteiger partial charge is 0.339 e. The number of carbonyl (C=O) groups excluding carboxylic acids is 1. The second-order valence-electron chi connectivity index (χ2n) is 7.77. The van der Waals surface area contributed by atoms with Gasteiger partial charge in [0, 0.05) is 17.2 Å².